The third kappa shape index (κ3) is 4.35. The summed E-state index contributed by atoms with van der Waals surface area (Å²) in [6, 6.07) is 6.18. The van der Waals surface area contributed by atoms with Gasteiger partial charge in [-0.1, -0.05) is 18.9 Å². The van der Waals surface area contributed by atoms with Gasteiger partial charge in [-0.15, -0.1) is 0 Å². The molecule has 1 saturated heterocycles. The molecule has 4 nitrogen and oxygen atoms in total. The van der Waals surface area contributed by atoms with Gasteiger partial charge in [0.25, 0.3) is 0 Å². The highest BCUT2D eigenvalue weighted by Gasteiger charge is 2.13. The van der Waals surface area contributed by atoms with Crippen molar-refractivity contribution in [1.29, 1.82) is 0 Å². The van der Waals surface area contributed by atoms with Gasteiger partial charge in [-0.2, -0.15) is 0 Å². The van der Waals surface area contributed by atoms with Gasteiger partial charge in [-0.25, -0.2) is 0 Å². The summed E-state index contributed by atoms with van der Waals surface area (Å²) in [5.41, 5.74) is 1.26. The van der Waals surface area contributed by atoms with Gasteiger partial charge in [0.1, 0.15) is 0 Å². The molecule has 0 amide bonds. The number of fused-ring (bicyclic) bond motifs is 1. The fraction of sp³-hybridized carbons (Fsp3) is 0.647. The predicted molar refractivity (Wildman–Crippen MR) is 83.8 cm³/mol. The Morgan fingerprint density at radius 2 is 1.81 bits per heavy atom. The summed E-state index contributed by atoms with van der Waals surface area (Å²) in [6.45, 7) is 6.14. The highest BCUT2D eigenvalue weighted by Crippen LogP contribution is 2.32. The van der Waals surface area contributed by atoms with Gasteiger partial charge in [-0.3, -0.25) is 0 Å². The van der Waals surface area contributed by atoms with Crippen molar-refractivity contribution in [2.75, 3.05) is 33.0 Å². The van der Waals surface area contributed by atoms with Crippen molar-refractivity contribution in [3.8, 4) is 11.5 Å². The lowest BCUT2D eigenvalue weighted by atomic mass is 10.2. The maximum Gasteiger partial charge on any atom is 0.231 e. The molecule has 2 heterocycles. The summed E-state index contributed by atoms with van der Waals surface area (Å²) in [4.78, 5) is 2.62. The van der Waals surface area contributed by atoms with E-state index in [9.17, 15) is 0 Å². The zero-order valence-corrected chi connectivity index (χ0v) is 12.8. The highest BCUT2D eigenvalue weighted by molar-refractivity contribution is 5.44. The van der Waals surface area contributed by atoms with Gasteiger partial charge in [0.05, 0.1) is 0 Å². The lowest BCUT2D eigenvalue weighted by Gasteiger charge is -2.19. The van der Waals surface area contributed by atoms with Crippen LogP contribution in [0.15, 0.2) is 18.2 Å². The van der Waals surface area contributed by atoms with Crippen LogP contribution in [0.1, 0.15) is 37.7 Å². The van der Waals surface area contributed by atoms with E-state index in [0.29, 0.717) is 6.79 Å². The minimum Gasteiger partial charge on any atom is -0.454 e. The molecule has 0 bridgehead atoms. The summed E-state index contributed by atoms with van der Waals surface area (Å²) in [5.74, 6) is 1.73. The SMILES string of the molecule is c1cc2c(cc1CNCCCN1CCCCCC1)OCO2. The van der Waals surface area contributed by atoms with Crippen molar-refractivity contribution in [2.24, 2.45) is 0 Å². The van der Waals surface area contributed by atoms with E-state index in [0.717, 1.165) is 24.6 Å². The second-order valence-corrected chi connectivity index (χ2v) is 5.97. The number of nitrogens with zero attached hydrogens (tertiary/aromatic N) is 1. The van der Waals surface area contributed by atoms with Gasteiger partial charge in [-0.05, 0) is 63.1 Å². The molecule has 0 radical (unpaired) electrons. The Morgan fingerprint density at radius 3 is 2.67 bits per heavy atom. The number of ether oxygens (including phenoxy) is 2. The number of rotatable bonds is 6. The van der Waals surface area contributed by atoms with Crippen molar-refractivity contribution in [2.45, 2.75) is 38.6 Å². The Balaban J connectivity index is 1.33. The molecular weight excluding hydrogens is 264 g/mol. The average molecular weight is 290 g/mol. The van der Waals surface area contributed by atoms with Crippen LogP contribution in [0.4, 0.5) is 0 Å². The fourth-order valence-corrected chi connectivity index (χ4v) is 3.07. The van der Waals surface area contributed by atoms with Crippen molar-refractivity contribution in [3.63, 3.8) is 0 Å². The number of likely N-dealkylation sites (tertiary alicyclic amines) is 1. The van der Waals surface area contributed by atoms with Crippen LogP contribution in [-0.2, 0) is 6.54 Å². The Labute approximate surface area is 127 Å². The predicted octanol–water partition coefficient (Wildman–Crippen LogP) is 2.77. The first-order chi connectivity index (χ1) is 10.4. The quantitative estimate of drug-likeness (QED) is 0.817. The van der Waals surface area contributed by atoms with Crippen LogP contribution >= 0.6 is 0 Å². The molecule has 1 fully saturated rings. The second kappa shape index (κ2) is 7.66. The summed E-state index contributed by atoms with van der Waals surface area (Å²) >= 11 is 0. The normalized spacial score (nSPS) is 18.7. The maximum absolute atomic E-state index is 5.40. The van der Waals surface area contributed by atoms with E-state index in [1.807, 2.05) is 6.07 Å². The smallest absolute Gasteiger partial charge is 0.231 e. The number of hydrogen-bond donors (Lipinski definition) is 1. The molecule has 2 aliphatic heterocycles. The van der Waals surface area contributed by atoms with E-state index in [2.05, 4.69) is 22.3 Å². The van der Waals surface area contributed by atoms with E-state index >= 15 is 0 Å². The van der Waals surface area contributed by atoms with Crippen molar-refractivity contribution >= 4 is 0 Å². The number of benzene rings is 1. The van der Waals surface area contributed by atoms with E-state index in [1.165, 1.54) is 57.3 Å². The Morgan fingerprint density at radius 1 is 1.00 bits per heavy atom. The largest absolute Gasteiger partial charge is 0.454 e. The average Bonchev–Trinajstić information content (AvgIpc) is 2.81. The molecule has 1 N–H and O–H groups in total. The molecule has 1 aromatic rings. The van der Waals surface area contributed by atoms with Crippen LogP contribution in [0.5, 0.6) is 11.5 Å². The fourth-order valence-electron chi connectivity index (χ4n) is 3.07. The van der Waals surface area contributed by atoms with Crippen LogP contribution in [0.3, 0.4) is 0 Å². The van der Waals surface area contributed by atoms with Gasteiger partial charge in [0.15, 0.2) is 11.5 Å². The minimum absolute atomic E-state index is 0.349. The van der Waals surface area contributed by atoms with Crippen LogP contribution in [-0.4, -0.2) is 37.9 Å². The van der Waals surface area contributed by atoms with Crippen molar-refractivity contribution in [1.82, 2.24) is 10.2 Å². The third-order valence-electron chi connectivity index (χ3n) is 4.29. The summed E-state index contributed by atoms with van der Waals surface area (Å²) in [6.07, 6.45) is 6.82. The topological polar surface area (TPSA) is 33.7 Å². The van der Waals surface area contributed by atoms with Crippen LogP contribution in [0.25, 0.3) is 0 Å². The van der Waals surface area contributed by atoms with E-state index < -0.39 is 0 Å². The molecule has 0 aliphatic carbocycles. The molecule has 116 valence electrons. The molecule has 3 rings (SSSR count). The lowest BCUT2D eigenvalue weighted by molar-refractivity contribution is 0.174. The van der Waals surface area contributed by atoms with Crippen molar-refractivity contribution < 1.29 is 9.47 Å². The molecule has 0 unspecified atom stereocenters. The van der Waals surface area contributed by atoms with E-state index in [-0.39, 0.29) is 0 Å². The standard InChI is InChI=1S/C17H26N2O2/c1-2-4-10-19(9-3-1)11-5-8-18-13-15-6-7-16-17(12-15)21-14-20-16/h6-7,12,18H,1-5,8-11,13-14H2. The molecule has 2 aliphatic rings. The molecule has 1 aromatic carbocycles. The van der Waals surface area contributed by atoms with Crippen LogP contribution < -0.4 is 14.8 Å². The van der Waals surface area contributed by atoms with Gasteiger partial charge >= 0.3 is 0 Å². The molecular formula is C17H26N2O2. The minimum atomic E-state index is 0.349. The van der Waals surface area contributed by atoms with E-state index in [4.69, 9.17) is 9.47 Å². The highest BCUT2D eigenvalue weighted by atomic mass is 16.7. The summed E-state index contributed by atoms with van der Waals surface area (Å²) < 4.78 is 10.7. The molecule has 0 saturated carbocycles. The lowest BCUT2D eigenvalue weighted by Crippen LogP contribution is -2.28. The van der Waals surface area contributed by atoms with Gasteiger partial charge in [0.2, 0.25) is 6.79 Å². The van der Waals surface area contributed by atoms with Gasteiger partial charge < -0.3 is 19.7 Å². The zero-order chi connectivity index (χ0) is 14.3. The molecule has 0 spiro atoms. The van der Waals surface area contributed by atoms with Gasteiger partial charge in [0, 0.05) is 6.54 Å². The number of nitrogens with one attached hydrogen (secondary N) is 1. The first-order valence-corrected chi connectivity index (χ1v) is 8.23. The molecule has 21 heavy (non-hydrogen) atoms. The Bertz CT molecular complexity index is 442. The summed E-state index contributed by atoms with van der Waals surface area (Å²) in [7, 11) is 0. The zero-order valence-electron chi connectivity index (χ0n) is 12.8. The maximum atomic E-state index is 5.40. The van der Waals surface area contributed by atoms with Crippen LogP contribution in [0, 0.1) is 0 Å². The third-order valence-corrected chi connectivity index (χ3v) is 4.29. The van der Waals surface area contributed by atoms with Crippen molar-refractivity contribution in [3.05, 3.63) is 23.8 Å². The first-order valence-electron chi connectivity index (χ1n) is 8.23. The van der Waals surface area contributed by atoms with E-state index in [1.54, 1.807) is 0 Å². The Kier molecular flexibility index (Phi) is 5.35. The molecule has 0 atom stereocenters. The molecule has 4 heteroatoms. The molecule has 0 aromatic heterocycles. The monoisotopic (exact) mass is 290 g/mol. The number of hydrogen-bond acceptors (Lipinski definition) is 4. The first kappa shape index (κ1) is 14.7. The van der Waals surface area contributed by atoms with Crippen LogP contribution in [0.2, 0.25) is 0 Å². The Hall–Kier alpha value is -1.26. The second-order valence-electron chi connectivity index (χ2n) is 5.97. The summed E-state index contributed by atoms with van der Waals surface area (Å²) in [5, 5.41) is 3.53.